The monoisotopic (exact) mass is 231 g/mol. The van der Waals surface area contributed by atoms with E-state index >= 15 is 0 Å². The maximum Gasteiger partial charge on any atom is 0.0667 e. The second-order valence-corrected chi connectivity index (χ2v) is 5.52. The molecule has 2 heteroatoms. The Morgan fingerprint density at radius 2 is 1.88 bits per heavy atom. The van der Waals surface area contributed by atoms with Gasteiger partial charge in [-0.2, -0.15) is 0 Å². The Hall–Kier alpha value is -0.860. The predicted molar refractivity (Wildman–Crippen MR) is 69.0 cm³/mol. The molecular weight excluding hydrogens is 210 g/mol. The van der Waals surface area contributed by atoms with E-state index in [1.807, 2.05) is 0 Å². The van der Waals surface area contributed by atoms with E-state index in [-0.39, 0.29) is 6.10 Å². The highest BCUT2D eigenvalue weighted by Crippen LogP contribution is 2.40. The molecule has 2 nitrogen and oxygen atoms in total. The second kappa shape index (κ2) is 4.79. The van der Waals surface area contributed by atoms with Crippen molar-refractivity contribution in [1.29, 1.82) is 0 Å². The fourth-order valence-corrected chi connectivity index (χ4v) is 3.20. The van der Waals surface area contributed by atoms with Crippen molar-refractivity contribution in [3.8, 4) is 0 Å². The smallest absolute Gasteiger partial charge is 0.0667 e. The molecule has 1 aromatic rings. The van der Waals surface area contributed by atoms with Crippen LogP contribution in [0.4, 0.5) is 0 Å². The van der Waals surface area contributed by atoms with Crippen LogP contribution in [0.2, 0.25) is 0 Å². The van der Waals surface area contributed by atoms with Gasteiger partial charge in [0.15, 0.2) is 0 Å². The van der Waals surface area contributed by atoms with Crippen LogP contribution in [0.5, 0.6) is 0 Å². The number of likely N-dealkylation sites (tertiary alicyclic amines) is 1. The molecule has 92 valence electrons. The van der Waals surface area contributed by atoms with Crippen LogP contribution in [0.15, 0.2) is 30.3 Å². The van der Waals surface area contributed by atoms with Crippen molar-refractivity contribution in [2.45, 2.75) is 43.7 Å². The van der Waals surface area contributed by atoms with Crippen molar-refractivity contribution in [3.63, 3.8) is 0 Å². The molecule has 0 spiro atoms. The van der Waals surface area contributed by atoms with Crippen LogP contribution in [-0.2, 0) is 0 Å². The van der Waals surface area contributed by atoms with Crippen LogP contribution in [0.25, 0.3) is 0 Å². The summed E-state index contributed by atoms with van der Waals surface area (Å²) < 4.78 is 0. The molecule has 1 aliphatic heterocycles. The summed E-state index contributed by atoms with van der Waals surface area (Å²) in [5.41, 5.74) is 1.49. The van der Waals surface area contributed by atoms with E-state index in [1.54, 1.807) is 0 Å². The van der Waals surface area contributed by atoms with Crippen LogP contribution in [0.3, 0.4) is 0 Å². The molecule has 1 unspecified atom stereocenters. The molecule has 2 fully saturated rings. The zero-order chi connectivity index (χ0) is 11.7. The summed E-state index contributed by atoms with van der Waals surface area (Å²) in [6.07, 6.45) is 4.62. The fourth-order valence-electron chi connectivity index (χ4n) is 3.20. The largest absolute Gasteiger partial charge is 0.392 e. The van der Waals surface area contributed by atoms with Crippen LogP contribution in [-0.4, -0.2) is 35.2 Å². The van der Waals surface area contributed by atoms with E-state index in [9.17, 15) is 5.11 Å². The fraction of sp³-hybridized carbons (Fsp3) is 0.600. The third-order valence-electron chi connectivity index (χ3n) is 4.33. The first-order valence-corrected chi connectivity index (χ1v) is 6.80. The molecule has 1 saturated carbocycles. The van der Waals surface area contributed by atoms with E-state index in [0.717, 1.165) is 31.3 Å². The number of β-amino-alcohol motifs (C(OH)–C–C–N with tert-alkyl or cyclic N) is 1. The molecular formula is C15H21NO. The number of aliphatic hydroxyl groups excluding tert-OH is 1. The predicted octanol–water partition coefficient (Wildman–Crippen LogP) is 2.39. The van der Waals surface area contributed by atoms with Gasteiger partial charge in [0.2, 0.25) is 0 Å². The lowest BCUT2D eigenvalue weighted by molar-refractivity contribution is 0.0171. The molecule has 1 aromatic carbocycles. The molecule has 0 aromatic heterocycles. The van der Waals surface area contributed by atoms with E-state index < -0.39 is 0 Å². The molecule has 1 atom stereocenters. The molecule has 17 heavy (non-hydrogen) atoms. The van der Waals surface area contributed by atoms with Gasteiger partial charge in [-0.05, 0) is 43.7 Å². The third kappa shape index (κ3) is 2.38. The standard InChI is InChI=1S/C15H21NO/c17-15-7-4-8-16(11-15)14-9-13(10-14)12-5-2-1-3-6-12/h1-3,5-6,13-15,17H,4,7-11H2. The molecule has 1 aliphatic carbocycles. The summed E-state index contributed by atoms with van der Waals surface area (Å²) in [7, 11) is 0. The van der Waals surface area contributed by atoms with Crippen molar-refractivity contribution in [2.75, 3.05) is 13.1 Å². The van der Waals surface area contributed by atoms with Gasteiger partial charge >= 0.3 is 0 Å². The summed E-state index contributed by atoms with van der Waals surface area (Å²) in [4.78, 5) is 2.49. The zero-order valence-corrected chi connectivity index (χ0v) is 10.3. The van der Waals surface area contributed by atoms with Gasteiger partial charge in [0.1, 0.15) is 0 Å². The average molecular weight is 231 g/mol. The lowest BCUT2D eigenvalue weighted by Gasteiger charge is -2.45. The Kier molecular flexibility index (Phi) is 3.17. The van der Waals surface area contributed by atoms with Gasteiger partial charge in [-0.15, -0.1) is 0 Å². The van der Waals surface area contributed by atoms with Crippen LogP contribution < -0.4 is 0 Å². The van der Waals surface area contributed by atoms with Gasteiger partial charge in [0, 0.05) is 12.6 Å². The Morgan fingerprint density at radius 3 is 2.59 bits per heavy atom. The second-order valence-electron chi connectivity index (χ2n) is 5.52. The Labute approximate surface area is 103 Å². The minimum absolute atomic E-state index is 0.0838. The number of rotatable bonds is 2. The molecule has 1 N–H and O–H groups in total. The van der Waals surface area contributed by atoms with Gasteiger partial charge in [-0.1, -0.05) is 30.3 Å². The van der Waals surface area contributed by atoms with Gasteiger partial charge in [0.05, 0.1) is 6.10 Å². The molecule has 2 aliphatic rings. The summed E-state index contributed by atoms with van der Waals surface area (Å²) in [6, 6.07) is 11.6. The number of benzene rings is 1. The highest BCUT2D eigenvalue weighted by atomic mass is 16.3. The first-order chi connectivity index (χ1) is 8.33. The lowest BCUT2D eigenvalue weighted by atomic mass is 9.74. The van der Waals surface area contributed by atoms with Crippen LogP contribution >= 0.6 is 0 Å². The molecule has 0 amide bonds. The van der Waals surface area contributed by atoms with Crippen molar-refractivity contribution in [3.05, 3.63) is 35.9 Å². The van der Waals surface area contributed by atoms with E-state index in [0.29, 0.717) is 0 Å². The SMILES string of the molecule is OC1CCCN(C2CC(c3ccccc3)C2)C1. The normalized spacial score (nSPS) is 34.3. The number of aliphatic hydroxyl groups is 1. The van der Waals surface area contributed by atoms with Crippen molar-refractivity contribution in [1.82, 2.24) is 4.90 Å². The molecule has 1 saturated heterocycles. The minimum Gasteiger partial charge on any atom is -0.392 e. The average Bonchev–Trinajstić information content (AvgIpc) is 2.28. The Bertz CT molecular complexity index is 358. The summed E-state index contributed by atoms with van der Waals surface area (Å²) in [5.74, 6) is 0.750. The topological polar surface area (TPSA) is 23.5 Å². The van der Waals surface area contributed by atoms with Gasteiger partial charge in [0.25, 0.3) is 0 Å². The molecule has 0 radical (unpaired) electrons. The molecule has 1 heterocycles. The maximum atomic E-state index is 9.69. The number of hydrogen-bond acceptors (Lipinski definition) is 2. The highest BCUT2D eigenvalue weighted by molar-refractivity contribution is 5.22. The minimum atomic E-state index is -0.0838. The quantitative estimate of drug-likeness (QED) is 0.845. The van der Waals surface area contributed by atoms with E-state index in [1.165, 1.54) is 24.9 Å². The van der Waals surface area contributed by atoms with Gasteiger partial charge in [-0.3, -0.25) is 4.90 Å². The summed E-state index contributed by atoms with van der Waals surface area (Å²) in [5, 5.41) is 9.69. The van der Waals surface area contributed by atoms with Crippen molar-refractivity contribution >= 4 is 0 Å². The molecule has 3 rings (SSSR count). The van der Waals surface area contributed by atoms with Crippen molar-refractivity contribution < 1.29 is 5.11 Å². The van der Waals surface area contributed by atoms with E-state index in [2.05, 4.69) is 35.2 Å². The summed E-state index contributed by atoms with van der Waals surface area (Å²) in [6.45, 7) is 2.08. The Morgan fingerprint density at radius 1 is 1.12 bits per heavy atom. The highest BCUT2D eigenvalue weighted by Gasteiger charge is 2.35. The van der Waals surface area contributed by atoms with Crippen molar-refractivity contribution in [2.24, 2.45) is 0 Å². The number of piperidine rings is 1. The third-order valence-corrected chi connectivity index (χ3v) is 4.33. The summed E-state index contributed by atoms with van der Waals surface area (Å²) >= 11 is 0. The van der Waals surface area contributed by atoms with Crippen LogP contribution in [0.1, 0.15) is 37.2 Å². The first kappa shape index (κ1) is 11.2. The first-order valence-electron chi connectivity index (χ1n) is 6.80. The van der Waals surface area contributed by atoms with Crippen LogP contribution in [0, 0.1) is 0 Å². The lowest BCUT2D eigenvalue weighted by Crippen LogP contribution is -2.49. The number of hydrogen-bond donors (Lipinski definition) is 1. The maximum absolute atomic E-state index is 9.69. The molecule has 0 bridgehead atoms. The van der Waals surface area contributed by atoms with E-state index in [4.69, 9.17) is 0 Å². The van der Waals surface area contributed by atoms with Gasteiger partial charge < -0.3 is 5.11 Å². The van der Waals surface area contributed by atoms with Gasteiger partial charge in [-0.25, -0.2) is 0 Å². The zero-order valence-electron chi connectivity index (χ0n) is 10.3. The number of nitrogens with zero attached hydrogens (tertiary/aromatic N) is 1. The Balaban J connectivity index is 1.54.